The fourth-order valence-electron chi connectivity index (χ4n) is 4.31. The molecular formula is C20H26N4O. The molecule has 0 unspecified atom stereocenters. The van der Waals surface area contributed by atoms with E-state index >= 15 is 0 Å². The number of aromatic nitrogens is 2. The number of hydrogen-bond donors (Lipinski definition) is 0. The fraction of sp³-hybridized carbons (Fsp3) is 0.500. The van der Waals surface area contributed by atoms with Crippen LogP contribution in [0.3, 0.4) is 0 Å². The Morgan fingerprint density at radius 2 is 2.00 bits per heavy atom. The number of carbonyl (C=O) groups is 1. The van der Waals surface area contributed by atoms with Gasteiger partial charge in [0, 0.05) is 38.4 Å². The normalized spacial score (nSPS) is 24.0. The first-order chi connectivity index (χ1) is 12.0. The van der Waals surface area contributed by atoms with Gasteiger partial charge in [0.1, 0.15) is 0 Å². The van der Waals surface area contributed by atoms with Crippen molar-refractivity contribution in [3.05, 3.63) is 47.3 Å². The van der Waals surface area contributed by atoms with Crippen LogP contribution in [0.4, 0.5) is 0 Å². The smallest absolute Gasteiger partial charge is 0.227 e. The summed E-state index contributed by atoms with van der Waals surface area (Å²) < 4.78 is 2.00. The van der Waals surface area contributed by atoms with Gasteiger partial charge in [0.15, 0.2) is 0 Å². The van der Waals surface area contributed by atoms with Crippen molar-refractivity contribution in [1.29, 1.82) is 0 Å². The van der Waals surface area contributed by atoms with Crippen LogP contribution in [0.5, 0.6) is 0 Å². The molecule has 5 rings (SSSR count). The highest BCUT2D eigenvalue weighted by Crippen LogP contribution is 2.29. The Morgan fingerprint density at radius 3 is 2.76 bits per heavy atom. The number of rotatable bonds is 3. The molecule has 132 valence electrons. The molecule has 1 aromatic heterocycles. The highest BCUT2D eigenvalue weighted by atomic mass is 16.2. The molecule has 5 heteroatoms. The van der Waals surface area contributed by atoms with Crippen molar-refractivity contribution in [3.8, 4) is 5.69 Å². The summed E-state index contributed by atoms with van der Waals surface area (Å²) in [5, 5.41) is 4.59. The summed E-state index contributed by atoms with van der Waals surface area (Å²) in [6, 6.07) is 11.1. The molecule has 2 atom stereocenters. The number of fused-ring (bicyclic) bond motifs is 4. The summed E-state index contributed by atoms with van der Waals surface area (Å²) in [4.78, 5) is 16.8. The zero-order valence-corrected chi connectivity index (χ0v) is 15.3. The molecule has 0 aliphatic carbocycles. The second-order valence-electron chi connectivity index (χ2n) is 7.58. The Kier molecular flexibility index (Phi) is 4.12. The summed E-state index contributed by atoms with van der Waals surface area (Å²) in [5.74, 6) is 0.498. The predicted molar refractivity (Wildman–Crippen MR) is 97.6 cm³/mol. The van der Waals surface area contributed by atoms with Crippen molar-refractivity contribution in [1.82, 2.24) is 19.6 Å². The van der Waals surface area contributed by atoms with Crippen LogP contribution in [0.15, 0.2) is 30.3 Å². The minimum atomic E-state index is 0.169. The van der Waals surface area contributed by atoms with E-state index < -0.39 is 0 Å². The molecule has 0 radical (unpaired) electrons. The van der Waals surface area contributed by atoms with E-state index in [1.165, 1.54) is 5.56 Å². The number of benzene rings is 1. The largest absolute Gasteiger partial charge is 0.341 e. The minimum Gasteiger partial charge on any atom is -0.341 e. The van der Waals surface area contributed by atoms with Gasteiger partial charge in [-0.15, -0.1) is 0 Å². The molecule has 2 aromatic rings. The zero-order chi connectivity index (χ0) is 17.6. The molecule has 0 spiro atoms. The van der Waals surface area contributed by atoms with Crippen molar-refractivity contribution in [2.75, 3.05) is 20.1 Å². The van der Waals surface area contributed by atoms with E-state index in [4.69, 9.17) is 0 Å². The fourth-order valence-corrected chi connectivity index (χ4v) is 4.31. The molecule has 3 aliphatic rings. The second-order valence-corrected chi connectivity index (χ2v) is 7.58. The maximum Gasteiger partial charge on any atom is 0.227 e. The summed E-state index contributed by atoms with van der Waals surface area (Å²) >= 11 is 0. The van der Waals surface area contributed by atoms with Crippen molar-refractivity contribution in [2.45, 2.75) is 39.3 Å². The van der Waals surface area contributed by atoms with E-state index in [0.717, 1.165) is 49.6 Å². The van der Waals surface area contributed by atoms with E-state index in [1.54, 1.807) is 0 Å². The molecule has 3 aliphatic heterocycles. The quantitative estimate of drug-likeness (QED) is 0.864. The summed E-state index contributed by atoms with van der Waals surface area (Å²) in [5.41, 5.74) is 4.57. The second kappa shape index (κ2) is 6.30. The molecule has 25 heavy (non-hydrogen) atoms. The molecule has 1 aromatic carbocycles. The van der Waals surface area contributed by atoms with Crippen LogP contribution in [0, 0.1) is 19.8 Å². The minimum absolute atomic E-state index is 0.169. The molecule has 5 nitrogen and oxygen atoms in total. The van der Waals surface area contributed by atoms with Crippen LogP contribution in [0.2, 0.25) is 0 Å². The topological polar surface area (TPSA) is 41.4 Å². The van der Waals surface area contributed by atoms with E-state index in [2.05, 4.69) is 47.3 Å². The van der Waals surface area contributed by atoms with Gasteiger partial charge < -0.3 is 4.90 Å². The van der Waals surface area contributed by atoms with Gasteiger partial charge in [0.05, 0.1) is 17.3 Å². The number of amides is 1. The maximum atomic E-state index is 12.4. The monoisotopic (exact) mass is 338 g/mol. The standard InChI is InChI=1S/C20H26N4O/c1-14-9-15(2)24(21-14)18-6-4-5-16(10-18)11-23-12-17-7-8-19(13-23)22(3)20(17)25/h4-6,9-10,17,19H,7-8,11-13H2,1-3H3/t17-,19+/m1/s1. The van der Waals surface area contributed by atoms with Crippen molar-refractivity contribution in [3.63, 3.8) is 0 Å². The number of aryl methyl sites for hydroxylation is 2. The first-order valence-electron chi connectivity index (χ1n) is 9.13. The van der Waals surface area contributed by atoms with E-state index in [9.17, 15) is 4.79 Å². The third-order valence-electron chi connectivity index (χ3n) is 5.61. The van der Waals surface area contributed by atoms with E-state index in [1.807, 2.05) is 23.6 Å². The molecule has 0 N–H and O–H groups in total. The Morgan fingerprint density at radius 1 is 1.16 bits per heavy atom. The van der Waals surface area contributed by atoms with Crippen LogP contribution < -0.4 is 0 Å². The predicted octanol–water partition coefficient (Wildman–Crippen LogP) is 2.54. The van der Waals surface area contributed by atoms with Gasteiger partial charge in [-0.3, -0.25) is 9.69 Å². The van der Waals surface area contributed by atoms with Crippen molar-refractivity contribution in [2.24, 2.45) is 5.92 Å². The Labute approximate surface area is 149 Å². The molecule has 3 fully saturated rings. The lowest BCUT2D eigenvalue weighted by Crippen LogP contribution is -2.45. The summed E-state index contributed by atoms with van der Waals surface area (Å²) in [6.07, 6.45) is 2.17. The van der Waals surface area contributed by atoms with Gasteiger partial charge in [-0.05, 0) is 50.5 Å². The van der Waals surface area contributed by atoms with E-state index in [0.29, 0.717) is 11.9 Å². The Bertz CT molecular complexity index is 797. The summed E-state index contributed by atoms with van der Waals surface area (Å²) in [6.45, 7) is 6.85. The lowest BCUT2D eigenvalue weighted by Gasteiger charge is -2.32. The molecule has 0 saturated carbocycles. The number of carbonyl (C=O) groups excluding carboxylic acids is 1. The van der Waals surface area contributed by atoms with Crippen molar-refractivity contribution >= 4 is 5.91 Å². The van der Waals surface area contributed by atoms with Crippen LogP contribution in [-0.4, -0.2) is 51.7 Å². The first-order valence-corrected chi connectivity index (χ1v) is 9.13. The van der Waals surface area contributed by atoms with Gasteiger partial charge >= 0.3 is 0 Å². The molecule has 4 heterocycles. The first kappa shape index (κ1) is 16.3. The highest BCUT2D eigenvalue weighted by molar-refractivity contribution is 5.80. The zero-order valence-electron chi connectivity index (χ0n) is 15.3. The molecular weight excluding hydrogens is 312 g/mol. The maximum absolute atomic E-state index is 12.4. The highest BCUT2D eigenvalue weighted by Gasteiger charge is 2.38. The number of nitrogens with zero attached hydrogens (tertiary/aromatic N) is 4. The third kappa shape index (κ3) is 3.09. The average molecular weight is 338 g/mol. The molecule has 3 saturated heterocycles. The van der Waals surface area contributed by atoms with Crippen molar-refractivity contribution < 1.29 is 4.79 Å². The Hall–Kier alpha value is -2.14. The van der Waals surface area contributed by atoms with Crippen LogP contribution >= 0.6 is 0 Å². The number of likely N-dealkylation sites (N-methyl/N-ethyl adjacent to an activating group) is 1. The number of piperidine rings is 1. The van der Waals surface area contributed by atoms with E-state index in [-0.39, 0.29) is 5.92 Å². The van der Waals surface area contributed by atoms with Gasteiger partial charge in [-0.1, -0.05) is 12.1 Å². The van der Waals surface area contributed by atoms with Gasteiger partial charge in [-0.25, -0.2) is 4.68 Å². The summed E-state index contributed by atoms with van der Waals surface area (Å²) in [7, 11) is 1.96. The molecule has 2 bridgehead atoms. The average Bonchev–Trinajstić information content (AvgIpc) is 2.75. The van der Waals surface area contributed by atoms with Crippen LogP contribution in [0.1, 0.15) is 29.8 Å². The third-order valence-corrected chi connectivity index (χ3v) is 5.61. The Balaban J connectivity index is 1.55. The van der Waals surface area contributed by atoms with Gasteiger partial charge in [-0.2, -0.15) is 5.10 Å². The van der Waals surface area contributed by atoms with Gasteiger partial charge in [0.2, 0.25) is 5.91 Å². The SMILES string of the molecule is Cc1cc(C)n(-c2cccc(CN3C[C@H]4CC[C@@H](C3)N(C)C4=O)c2)n1. The number of hydrogen-bond acceptors (Lipinski definition) is 3. The van der Waals surface area contributed by atoms with Gasteiger partial charge in [0.25, 0.3) is 0 Å². The van der Waals surface area contributed by atoms with Crippen LogP contribution in [0.25, 0.3) is 5.69 Å². The lowest BCUT2D eigenvalue weighted by atomic mass is 9.95. The van der Waals surface area contributed by atoms with Crippen LogP contribution in [-0.2, 0) is 11.3 Å². The lowest BCUT2D eigenvalue weighted by molar-refractivity contribution is -0.138. The molecule has 1 amide bonds.